The maximum Gasteiger partial charge on any atom is 0.132 e. The Hall–Kier alpha value is -0.700. The molecule has 106 valence electrons. The summed E-state index contributed by atoms with van der Waals surface area (Å²) >= 11 is 5.35. The fourth-order valence-corrected chi connectivity index (χ4v) is 3.35. The predicted octanol–water partition coefficient (Wildman–Crippen LogP) is 5.08. The van der Waals surface area contributed by atoms with Crippen LogP contribution in [0.5, 0.6) is 0 Å². The average Bonchev–Trinajstić information content (AvgIpc) is 2.34. The van der Waals surface area contributed by atoms with E-state index in [-0.39, 0.29) is 0 Å². The van der Waals surface area contributed by atoms with E-state index in [4.69, 9.17) is 12.2 Å². The molecule has 1 N–H and O–H groups in total. The van der Waals surface area contributed by atoms with Crippen LogP contribution in [0, 0.1) is 29.8 Å². The van der Waals surface area contributed by atoms with Crippen LogP contribution in [0.2, 0.25) is 0 Å². The summed E-state index contributed by atoms with van der Waals surface area (Å²) in [4.78, 5) is 8.07. The first-order valence-electron chi connectivity index (χ1n) is 7.36. The first-order chi connectivity index (χ1) is 8.79. The Morgan fingerprint density at radius 3 is 2.16 bits per heavy atom. The van der Waals surface area contributed by atoms with Crippen molar-refractivity contribution >= 4 is 12.2 Å². The molecule has 0 unspecified atom stereocenters. The molecule has 0 aliphatic heterocycles. The normalized spacial score (nSPS) is 24.5. The number of aryl methyl sites for hydroxylation is 1. The van der Waals surface area contributed by atoms with Gasteiger partial charge in [0.15, 0.2) is 0 Å². The highest BCUT2D eigenvalue weighted by Gasteiger charge is 2.31. The van der Waals surface area contributed by atoms with Crippen molar-refractivity contribution in [1.29, 1.82) is 0 Å². The number of rotatable bonds is 1. The number of nitrogens with zero attached hydrogens (tertiary/aromatic N) is 1. The van der Waals surface area contributed by atoms with Crippen LogP contribution in [0.1, 0.15) is 69.5 Å². The molecular weight excluding hydrogens is 252 g/mol. The molecule has 1 aromatic rings. The molecule has 1 heterocycles. The Kier molecular flexibility index (Phi) is 4.14. The molecule has 0 bridgehead atoms. The number of hydrogen-bond donors (Lipinski definition) is 1. The minimum absolute atomic E-state index is 0.439. The monoisotopic (exact) mass is 278 g/mol. The predicted molar refractivity (Wildman–Crippen MR) is 83.0 cm³/mol. The molecule has 0 radical (unpaired) electrons. The van der Waals surface area contributed by atoms with Gasteiger partial charge >= 0.3 is 0 Å². The van der Waals surface area contributed by atoms with Crippen molar-refractivity contribution in [1.82, 2.24) is 9.97 Å². The summed E-state index contributed by atoms with van der Waals surface area (Å²) in [5, 5.41) is 0. The lowest BCUT2D eigenvalue weighted by molar-refractivity contribution is 0.167. The summed E-state index contributed by atoms with van der Waals surface area (Å²) in [5.41, 5.74) is 2.73. The van der Waals surface area contributed by atoms with Crippen LogP contribution in [0.3, 0.4) is 0 Å². The minimum Gasteiger partial charge on any atom is -0.347 e. The van der Waals surface area contributed by atoms with E-state index in [1.165, 1.54) is 31.4 Å². The first-order valence-corrected chi connectivity index (χ1v) is 7.77. The van der Waals surface area contributed by atoms with Crippen LogP contribution in [0.25, 0.3) is 0 Å². The van der Waals surface area contributed by atoms with Gasteiger partial charge in [0, 0.05) is 17.2 Å². The van der Waals surface area contributed by atoms with Crippen molar-refractivity contribution < 1.29 is 0 Å². The Morgan fingerprint density at radius 2 is 1.68 bits per heavy atom. The molecule has 1 aromatic heterocycles. The first kappa shape index (κ1) is 14.7. The van der Waals surface area contributed by atoms with E-state index in [1.807, 2.05) is 6.92 Å². The van der Waals surface area contributed by atoms with Crippen LogP contribution in [-0.2, 0) is 0 Å². The molecule has 0 amide bonds. The number of nitrogens with one attached hydrogen (secondary N) is 1. The standard InChI is InChI=1S/C16H26N2S/c1-10-11(2)17-14(18-15(10)19)12-6-8-13(9-7-12)16(3,4)5/h12-13H,6-9H2,1-5H3,(H,17,18,19). The summed E-state index contributed by atoms with van der Waals surface area (Å²) in [6.07, 6.45) is 5.10. The van der Waals surface area contributed by atoms with Gasteiger partial charge in [0.05, 0.1) is 0 Å². The molecule has 0 saturated heterocycles. The van der Waals surface area contributed by atoms with E-state index in [0.29, 0.717) is 11.3 Å². The van der Waals surface area contributed by atoms with E-state index in [9.17, 15) is 0 Å². The zero-order valence-electron chi connectivity index (χ0n) is 12.8. The van der Waals surface area contributed by atoms with E-state index in [0.717, 1.165) is 21.9 Å². The van der Waals surface area contributed by atoms with E-state index >= 15 is 0 Å². The van der Waals surface area contributed by atoms with Crippen molar-refractivity contribution in [3.63, 3.8) is 0 Å². The zero-order valence-corrected chi connectivity index (χ0v) is 13.7. The highest BCUT2D eigenvalue weighted by atomic mass is 32.1. The lowest BCUT2D eigenvalue weighted by Gasteiger charge is -2.36. The van der Waals surface area contributed by atoms with Crippen LogP contribution >= 0.6 is 12.2 Å². The fraction of sp³-hybridized carbons (Fsp3) is 0.750. The molecule has 0 atom stereocenters. The highest BCUT2D eigenvalue weighted by molar-refractivity contribution is 7.71. The second-order valence-corrected chi connectivity index (χ2v) is 7.48. The molecule has 2 nitrogen and oxygen atoms in total. The highest BCUT2D eigenvalue weighted by Crippen LogP contribution is 2.42. The summed E-state index contributed by atoms with van der Waals surface area (Å²) in [5.74, 6) is 2.53. The molecule has 19 heavy (non-hydrogen) atoms. The van der Waals surface area contributed by atoms with E-state index < -0.39 is 0 Å². The van der Waals surface area contributed by atoms with Gasteiger partial charge in [0.2, 0.25) is 0 Å². The maximum absolute atomic E-state index is 5.35. The molecule has 2 rings (SSSR count). The molecule has 0 aromatic carbocycles. The summed E-state index contributed by atoms with van der Waals surface area (Å²) < 4.78 is 0.768. The zero-order chi connectivity index (χ0) is 14.2. The van der Waals surface area contributed by atoms with Crippen LogP contribution in [0.15, 0.2) is 0 Å². The van der Waals surface area contributed by atoms with Gasteiger partial charge in [0.25, 0.3) is 0 Å². The van der Waals surface area contributed by atoms with Gasteiger partial charge < -0.3 is 4.98 Å². The Balaban J connectivity index is 2.12. The molecule has 1 saturated carbocycles. The van der Waals surface area contributed by atoms with Crippen molar-refractivity contribution in [2.75, 3.05) is 0 Å². The smallest absolute Gasteiger partial charge is 0.132 e. The van der Waals surface area contributed by atoms with Gasteiger partial charge in [-0.25, -0.2) is 4.98 Å². The molecule has 0 spiro atoms. The number of hydrogen-bond acceptors (Lipinski definition) is 2. The Labute approximate surface area is 122 Å². The molecular formula is C16H26N2S. The summed E-state index contributed by atoms with van der Waals surface area (Å²) in [6, 6.07) is 0. The lowest BCUT2D eigenvalue weighted by Crippen LogP contribution is -2.26. The van der Waals surface area contributed by atoms with Gasteiger partial charge in [-0.15, -0.1) is 0 Å². The van der Waals surface area contributed by atoms with Crippen molar-refractivity contribution in [2.45, 2.75) is 66.2 Å². The van der Waals surface area contributed by atoms with Gasteiger partial charge in [-0.2, -0.15) is 0 Å². The third kappa shape index (κ3) is 3.25. The topological polar surface area (TPSA) is 28.7 Å². The lowest BCUT2D eigenvalue weighted by atomic mass is 9.69. The molecule has 1 fully saturated rings. The van der Waals surface area contributed by atoms with Crippen molar-refractivity contribution in [3.05, 3.63) is 21.7 Å². The molecule has 1 aliphatic rings. The molecule has 3 heteroatoms. The third-order valence-corrected chi connectivity index (χ3v) is 5.16. The van der Waals surface area contributed by atoms with Crippen molar-refractivity contribution in [2.24, 2.45) is 11.3 Å². The van der Waals surface area contributed by atoms with Crippen LogP contribution < -0.4 is 0 Å². The number of H-pyrrole nitrogens is 1. The Bertz CT molecular complexity index is 502. The number of aromatic nitrogens is 2. The van der Waals surface area contributed by atoms with Crippen molar-refractivity contribution in [3.8, 4) is 0 Å². The molecule has 1 aliphatic carbocycles. The summed E-state index contributed by atoms with van der Waals surface area (Å²) in [7, 11) is 0. The van der Waals surface area contributed by atoms with E-state index in [2.05, 4.69) is 37.7 Å². The van der Waals surface area contributed by atoms with E-state index in [1.54, 1.807) is 0 Å². The fourth-order valence-electron chi connectivity index (χ4n) is 3.09. The SMILES string of the molecule is Cc1[nH]c(C2CCC(C(C)(C)C)CC2)nc(=S)c1C. The second-order valence-electron chi connectivity index (χ2n) is 7.09. The Morgan fingerprint density at radius 1 is 1.11 bits per heavy atom. The quantitative estimate of drug-likeness (QED) is 0.726. The van der Waals surface area contributed by atoms with Crippen LogP contribution in [-0.4, -0.2) is 9.97 Å². The minimum atomic E-state index is 0.439. The summed E-state index contributed by atoms with van der Waals surface area (Å²) in [6.45, 7) is 11.2. The van der Waals surface area contributed by atoms with Gasteiger partial charge in [-0.1, -0.05) is 33.0 Å². The van der Waals surface area contributed by atoms with Gasteiger partial charge in [-0.3, -0.25) is 0 Å². The van der Waals surface area contributed by atoms with Crippen LogP contribution in [0.4, 0.5) is 0 Å². The largest absolute Gasteiger partial charge is 0.347 e. The maximum atomic E-state index is 5.35. The van der Waals surface area contributed by atoms with Gasteiger partial charge in [0.1, 0.15) is 10.5 Å². The third-order valence-electron chi connectivity index (χ3n) is 4.76. The number of aromatic amines is 1. The van der Waals surface area contributed by atoms with Gasteiger partial charge in [-0.05, 0) is 50.9 Å². The second kappa shape index (κ2) is 5.35. The average molecular weight is 278 g/mol.